The first-order valence-electron chi connectivity index (χ1n) is 9.45. The van der Waals surface area contributed by atoms with Crippen molar-refractivity contribution < 1.29 is 24.0 Å². The Balaban J connectivity index is 1.86. The van der Waals surface area contributed by atoms with Crippen LogP contribution in [0.15, 0.2) is 30.3 Å². The second-order valence-electron chi connectivity index (χ2n) is 6.60. The molecule has 1 heterocycles. The van der Waals surface area contributed by atoms with Gasteiger partial charge in [0.05, 0.1) is 42.0 Å². The summed E-state index contributed by atoms with van der Waals surface area (Å²) in [6, 6.07) is 7.25. The van der Waals surface area contributed by atoms with Gasteiger partial charge in [0.15, 0.2) is 11.5 Å². The van der Waals surface area contributed by atoms with E-state index in [-0.39, 0.29) is 36.1 Å². The van der Waals surface area contributed by atoms with Crippen molar-refractivity contribution in [2.45, 2.75) is 6.92 Å². The van der Waals surface area contributed by atoms with E-state index in [4.69, 9.17) is 21.1 Å². The van der Waals surface area contributed by atoms with E-state index in [2.05, 4.69) is 10.6 Å². The standard InChI is InChI=1S/C20H21ClN4O6/c1-3-31-18-10-16(25(28)29)13(9-17(18)30-2)20(27)23-12-4-5-15(14(21)8-12)24-7-6-22-19(26)11-24/h4-5,8-10H,3,6-7,11H2,1-2H3,(H,22,26)(H,23,27). The fourth-order valence-electron chi connectivity index (χ4n) is 3.19. The van der Waals surface area contributed by atoms with E-state index in [1.165, 1.54) is 19.2 Å². The van der Waals surface area contributed by atoms with Crippen molar-refractivity contribution in [2.75, 3.05) is 43.6 Å². The van der Waals surface area contributed by atoms with Crippen molar-refractivity contribution >= 4 is 40.5 Å². The molecule has 0 spiro atoms. The Labute approximate surface area is 183 Å². The molecule has 2 aromatic rings. The van der Waals surface area contributed by atoms with Crippen LogP contribution in [-0.2, 0) is 4.79 Å². The van der Waals surface area contributed by atoms with Crippen LogP contribution in [0, 0.1) is 10.1 Å². The lowest BCUT2D eigenvalue weighted by atomic mass is 10.1. The second-order valence-corrected chi connectivity index (χ2v) is 7.01. The van der Waals surface area contributed by atoms with E-state index < -0.39 is 16.5 Å². The van der Waals surface area contributed by atoms with Gasteiger partial charge in [-0.3, -0.25) is 19.7 Å². The minimum absolute atomic E-state index is 0.101. The van der Waals surface area contributed by atoms with Crippen molar-refractivity contribution in [3.05, 3.63) is 51.0 Å². The summed E-state index contributed by atoms with van der Waals surface area (Å²) in [5.74, 6) is -0.425. The summed E-state index contributed by atoms with van der Waals surface area (Å²) in [6.45, 7) is 3.31. The number of piperazine rings is 1. The molecule has 31 heavy (non-hydrogen) atoms. The lowest BCUT2D eigenvalue weighted by Gasteiger charge is -2.29. The largest absolute Gasteiger partial charge is 0.493 e. The first-order valence-corrected chi connectivity index (χ1v) is 9.83. The number of amides is 2. The molecule has 2 aromatic carbocycles. The monoisotopic (exact) mass is 448 g/mol. The van der Waals surface area contributed by atoms with Gasteiger partial charge in [0, 0.05) is 24.8 Å². The van der Waals surface area contributed by atoms with Crippen molar-refractivity contribution in [2.24, 2.45) is 0 Å². The van der Waals surface area contributed by atoms with Gasteiger partial charge in [-0.25, -0.2) is 0 Å². The summed E-state index contributed by atoms with van der Waals surface area (Å²) < 4.78 is 10.6. The number of nitrogens with one attached hydrogen (secondary N) is 2. The van der Waals surface area contributed by atoms with Gasteiger partial charge in [0.1, 0.15) is 5.56 Å². The maximum Gasteiger partial charge on any atom is 0.286 e. The Morgan fingerprint density at radius 3 is 2.71 bits per heavy atom. The topological polar surface area (TPSA) is 123 Å². The van der Waals surface area contributed by atoms with Gasteiger partial charge < -0.3 is 25.0 Å². The zero-order valence-corrected chi connectivity index (χ0v) is 17.7. The van der Waals surface area contributed by atoms with Gasteiger partial charge in [0.25, 0.3) is 11.6 Å². The lowest BCUT2D eigenvalue weighted by Crippen LogP contribution is -2.47. The SMILES string of the molecule is CCOc1cc([N+](=O)[O-])c(C(=O)Nc2ccc(N3CCNC(=O)C3)c(Cl)c2)cc1OC. The van der Waals surface area contributed by atoms with E-state index in [0.717, 1.165) is 6.07 Å². The highest BCUT2D eigenvalue weighted by Crippen LogP contribution is 2.35. The summed E-state index contributed by atoms with van der Waals surface area (Å²) in [5, 5.41) is 17.2. The number of nitro benzene ring substituents is 1. The van der Waals surface area contributed by atoms with Gasteiger partial charge in [-0.2, -0.15) is 0 Å². The zero-order valence-electron chi connectivity index (χ0n) is 16.9. The third-order valence-corrected chi connectivity index (χ3v) is 4.91. The van der Waals surface area contributed by atoms with Crippen molar-refractivity contribution in [1.29, 1.82) is 0 Å². The number of anilines is 2. The molecule has 0 unspecified atom stereocenters. The minimum Gasteiger partial charge on any atom is -0.493 e. The van der Waals surface area contributed by atoms with Gasteiger partial charge in [-0.15, -0.1) is 0 Å². The number of halogens is 1. The summed E-state index contributed by atoms with van der Waals surface area (Å²) >= 11 is 6.36. The maximum absolute atomic E-state index is 12.8. The van der Waals surface area contributed by atoms with Crippen molar-refractivity contribution in [1.82, 2.24) is 5.32 Å². The molecule has 0 saturated carbocycles. The van der Waals surface area contributed by atoms with E-state index in [1.54, 1.807) is 19.1 Å². The molecule has 1 aliphatic heterocycles. The smallest absolute Gasteiger partial charge is 0.286 e. The third-order valence-electron chi connectivity index (χ3n) is 4.61. The Morgan fingerprint density at radius 1 is 1.32 bits per heavy atom. The Bertz CT molecular complexity index is 1030. The zero-order chi connectivity index (χ0) is 22.5. The highest BCUT2D eigenvalue weighted by atomic mass is 35.5. The van der Waals surface area contributed by atoms with Crippen LogP contribution in [-0.4, -0.2) is 50.1 Å². The van der Waals surface area contributed by atoms with Gasteiger partial charge in [-0.05, 0) is 25.1 Å². The molecule has 3 rings (SSSR count). The average Bonchev–Trinajstić information content (AvgIpc) is 2.73. The fourth-order valence-corrected chi connectivity index (χ4v) is 3.49. The number of ether oxygens (including phenoxy) is 2. The summed E-state index contributed by atoms with van der Waals surface area (Å²) in [6.07, 6.45) is 0. The van der Waals surface area contributed by atoms with Crippen LogP contribution >= 0.6 is 11.6 Å². The maximum atomic E-state index is 12.8. The third kappa shape index (κ3) is 4.97. The first kappa shape index (κ1) is 22.2. The quantitative estimate of drug-likeness (QED) is 0.493. The summed E-state index contributed by atoms with van der Waals surface area (Å²) in [7, 11) is 1.38. The average molecular weight is 449 g/mol. The fraction of sp³-hybridized carbons (Fsp3) is 0.300. The predicted molar refractivity (Wildman–Crippen MR) is 115 cm³/mol. The van der Waals surface area contributed by atoms with Crippen LogP contribution in [0.4, 0.5) is 17.1 Å². The van der Waals surface area contributed by atoms with Crippen LogP contribution in [0.3, 0.4) is 0 Å². The van der Waals surface area contributed by atoms with Gasteiger partial charge >= 0.3 is 0 Å². The first-order chi connectivity index (χ1) is 14.8. The molecule has 2 N–H and O–H groups in total. The van der Waals surface area contributed by atoms with Crippen LogP contribution in [0.25, 0.3) is 0 Å². The number of nitrogens with zero attached hydrogens (tertiary/aromatic N) is 2. The highest BCUT2D eigenvalue weighted by Gasteiger charge is 2.25. The van der Waals surface area contributed by atoms with Crippen LogP contribution in [0.2, 0.25) is 5.02 Å². The Morgan fingerprint density at radius 2 is 2.10 bits per heavy atom. The van der Waals surface area contributed by atoms with Crippen molar-refractivity contribution in [3.63, 3.8) is 0 Å². The lowest BCUT2D eigenvalue weighted by molar-refractivity contribution is -0.385. The Hall–Kier alpha value is -3.53. The highest BCUT2D eigenvalue weighted by molar-refractivity contribution is 6.33. The molecule has 1 saturated heterocycles. The normalized spacial score (nSPS) is 13.4. The van der Waals surface area contributed by atoms with Crippen LogP contribution in [0.5, 0.6) is 11.5 Å². The van der Waals surface area contributed by atoms with E-state index in [9.17, 15) is 19.7 Å². The van der Waals surface area contributed by atoms with Gasteiger partial charge in [0.2, 0.25) is 5.91 Å². The van der Waals surface area contributed by atoms with E-state index in [0.29, 0.717) is 29.5 Å². The molecule has 1 aliphatic rings. The van der Waals surface area contributed by atoms with Crippen LogP contribution < -0.4 is 25.0 Å². The number of benzene rings is 2. The number of hydrogen-bond donors (Lipinski definition) is 2. The second kappa shape index (κ2) is 9.52. The number of hydrogen-bond acceptors (Lipinski definition) is 7. The molecule has 2 amide bonds. The van der Waals surface area contributed by atoms with Crippen LogP contribution in [0.1, 0.15) is 17.3 Å². The number of carbonyl (C=O) groups is 2. The number of carbonyl (C=O) groups excluding carboxylic acids is 2. The Kier molecular flexibility index (Phi) is 6.81. The molecule has 0 bridgehead atoms. The van der Waals surface area contributed by atoms with E-state index >= 15 is 0 Å². The van der Waals surface area contributed by atoms with Gasteiger partial charge in [-0.1, -0.05) is 11.6 Å². The molecule has 0 radical (unpaired) electrons. The number of rotatable bonds is 7. The summed E-state index contributed by atoms with van der Waals surface area (Å²) in [5.41, 5.74) is 0.410. The summed E-state index contributed by atoms with van der Waals surface area (Å²) in [4.78, 5) is 37.1. The molecule has 0 aromatic heterocycles. The molecule has 0 aliphatic carbocycles. The molecule has 164 valence electrons. The predicted octanol–water partition coefficient (Wildman–Crippen LogP) is 2.84. The van der Waals surface area contributed by atoms with Crippen molar-refractivity contribution in [3.8, 4) is 11.5 Å². The molecular formula is C20H21ClN4O6. The molecule has 0 atom stereocenters. The number of nitro groups is 1. The molecule has 11 heteroatoms. The van der Waals surface area contributed by atoms with E-state index in [1.807, 2.05) is 4.90 Å². The minimum atomic E-state index is -0.700. The number of methoxy groups -OCH3 is 1. The molecule has 10 nitrogen and oxygen atoms in total. The molecule has 1 fully saturated rings. The molecular weight excluding hydrogens is 428 g/mol.